The van der Waals surface area contributed by atoms with Crippen molar-refractivity contribution in [2.75, 3.05) is 7.11 Å². The average Bonchev–Trinajstić information content (AvgIpc) is 2.87. The van der Waals surface area contributed by atoms with Crippen LogP contribution in [0.2, 0.25) is 0 Å². The molecule has 0 saturated heterocycles. The zero-order valence-corrected chi connectivity index (χ0v) is 11.1. The predicted molar refractivity (Wildman–Crippen MR) is 72.9 cm³/mol. The maximum atomic E-state index is 11.7. The third-order valence-corrected chi connectivity index (χ3v) is 2.64. The van der Waals surface area contributed by atoms with Gasteiger partial charge in [-0.1, -0.05) is 0 Å². The molecule has 7 nitrogen and oxygen atoms in total. The molecule has 0 unspecified atom stereocenters. The number of carbonyl (C=O) groups excluding carboxylic acids is 1. The number of methoxy groups -OCH3 is 1. The summed E-state index contributed by atoms with van der Waals surface area (Å²) in [5, 5.41) is 17.2. The van der Waals surface area contributed by atoms with E-state index >= 15 is 0 Å². The molecule has 0 aliphatic heterocycles. The largest absolute Gasteiger partial charge is 0.504 e. The van der Waals surface area contributed by atoms with Crippen LogP contribution in [0.25, 0.3) is 0 Å². The van der Waals surface area contributed by atoms with Crippen LogP contribution in [0.1, 0.15) is 16.1 Å². The smallest absolute Gasteiger partial charge is 0.289 e. The van der Waals surface area contributed by atoms with E-state index in [1.54, 1.807) is 25.2 Å². The van der Waals surface area contributed by atoms with E-state index in [1.165, 1.54) is 30.3 Å². The number of aromatic hydroxyl groups is 1. The van der Waals surface area contributed by atoms with E-state index in [0.29, 0.717) is 17.0 Å². The quantitative estimate of drug-likeness (QED) is 0.640. The van der Waals surface area contributed by atoms with Gasteiger partial charge in [0.05, 0.1) is 13.3 Å². The Bertz CT molecular complexity index is 649. The Kier molecular flexibility index (Phi) is 3.99. The summed E-state index contributed by atoms with van der Waals surface area (Å²) in [6.07, 6.45) is 2.99. The maximum absolute atomic E-state index is 11.7. The van der Waals surface area contributed by atoms with Crippen LogP contribution in [0, 0.1) is 0 Å². The van der Waals surface area contributed by atoms with Crippen molar-refractivity contribution in [2.24, 2.45) is 12.1 Å². The summed E-state index contributed by atoms with van der Waals surface area (Å²) in [7, 11) is 3.13. The summed E-state index contributed by atoms with van der Waals surface area (Å²) in [5.74, 6) is 0.0301. The SMILES string of the molecule is COc1cc(/C=N\NC(=O)c2ccnn2C)ccc1O. The van der Waals surface area contributed by atoms with Gasteiger partial charge >= 0.3 is 0 Å². The van der Waals surface area contributed by atoms with E-state index in [1.807, 2.05) is 0 Å². The van der Waals surface area contributed by atoms with Gasteiger partial charge in [-0.2, -0.15) is 10.2 Å². The van der Waals surface area contributed by atoms with Crippen LogP contribution in [0.3, 0.4) is 0 Å². The first-order valence-corrected chi connectivity index (χ1v) is 5.80. The highest BCUT2D eigenvalue weighted by Crippen LogP contribution is 2.25. The van der Waals surface area contributed by atoms with Crippen LogP contribution < -0.4 is 10.2 Å². The first-order valence-electron chi connectivity index (χ1n) is 5.80. The van der Waals surface area contributed by atoms with Gasteiger partial charge in [0.15, 0.2) is 11.5 Å². The molecular formula is C13H14N4O3. The zero-order valence-electron chi connectivity index (χ0n) is 11.1. The Labute approximate surface area is 115 Å². The lowest BCUT2D eigenvalue weighted by atomic mass is 10.2. The number of benzene rings is 1. The van der Waals surface area contributed by atoms with Gasteiger partial charge < -0.3 is 9.84 Å². The number of phenolic OH excluding ortho intramolecular Hbond substituents is 1. The van der Waals surface area contributed by atoms with Gasteiger partial charge in [0.1, 0.15) is 5.69 Å². The molecule has 1 amide bonds. The van der Waals surface area contributed by atoms with E-state index in [4.69, 9.17) is 4.74 Å². The third kappa shape index (κ3) is 2.94. The molecule has 0 atom stereocenters. The second-order valence-corrected chi connectivity index (χ2v) is 3.97. The normalized spacial score (nSPS) is 10.7. The van der Waals surface area contributed by atoms with E-state index in [-0.39, 0.29) is 11.7 Å². The van der Waals surface area contributed by atoms with Gasteiger partial charge in [0.2, 0.25) is 0 Å². The monoisotopic (exact) mass is 274 g/mol. The molecule has 1 aromatic heterocycles. The van der Waals surface area contributed by atoms with Crippen LogP contribution >= 0.6 is 0 Å². The number of hydrogen-bond donors (Lipinski definition) is 2. The summed E-state index contributed by atoms with van der Waals surface area (Å²) in [6, 6.07) is 6.34. The molecule has 0 saturated carbocycles. The molecule has 0 aliphatic rings. The summed E-state index contributed by atoms with van der Waals surface area (Å²) >= 11 is 0. The summed E-state index contributed by atoms with van der Waals surface area (Å²) in [4.78, 5) is 11.7. The number of phenols is 1. The molecular weight excluding hydrogens is 260 g/mol. The Morgan fingerprint density at radius 1 is 1.50 bits per heavy atom. The fraction of sp³-hybridized carbons (Fsp3) is 0.154. The molecule has 104 valence electrons. The number of nitrogens with one attached hydrogen (secondary N) is 1. The second-order valence-electron chi connectivity index (χ2n) is 3.97. The second kappa shape index (κ2) is 5.87. The number of nitrogens with zero attached hydrogens (tertiary/aromatic N) is 3. The molecule has 0 radical (unpaired) electrons. The van der Waals surface area contributed by atoms with Gasteiger partial charge in [-0.3, -0.25) is 9.48 Å². The van der Waals surface area contributed by atoms with Crippen molar-refractivity contribution in [3.63, 3.8) is 0 Å². The minimum atomic E-state index is -0.355. The molecule has 1 aromatic carbocycles. The van der Waals surface area contributed by atoms with Crippen molar-refractivity contribution in [2.45, 2.75) is 0 Å². The molecule has 0 fully saturated rings. The first kappa shape index (κ1) is 13.6. The van der Waals surface area contributed by atoms with Crippen LogP contribution in [0.5, 0.6) is 11.5 Å². The molecule has 0 bridgehead atoms. The fourth-order valence-electron chi connectivity index (χ4n) is 1.59. The van der Waals surface area contributed by atoms with Gasteiger partial charge in [-0.15, -0.1) is 0 Å². The molecule has 0 spiro atoms. The number of hydrazone groups is 1. The summed E-state index contributed by atoms with van der Waals surface area (Å²) in [6.45, 7) is 0. The minimum absolute atomic E-state index is 0.0450. The number of ether oxygens (including phenoxy) is 1. The minimum Gasteiger partial charge on any atom is -0.504 e. The Hall–Kier alpha value is -2.83. The number of carbonyl (C=O) groups is 1. The molecule has 2 N–H and O–H groups in total. The Morgan fingerprint density at radius 2 is 2.30 bits per heavy atom. The molecule has 2 rings (SSSR count). The zero-order chi connectivity index (χ0) is 14.5. The van der Waals surface area contributed by atoms with Crippen LogP contribution in [0.4, 0.5) is 0 Å². The van der Waals surface area contributed by atoms with E-state index in [2.05, 4.69) is 15.6 Å². The van der Waals surface area contributed by atoms with Crippen LogP contribution in [-0.2, 0) is 7.05 Å². The lowest BCUT2D eigenvalue weighted by molar-refractivity contribution is 0.0945. The third-order valence-electron chi connectivity index (χ3n) is 2.64. The number of rotatable bonds is 4. The molecule has 1 heterocycles. The topological polar surface area (TPSA) is 88.7 Å². The van der Waals surface area contributed by atoms with E-state index in [0.717, 1.165) is 0 Å². The van der Waals surface area contributed by atoms with Crippen molar-refractivity contribution in [3.05, 3.63) is 41.7 Å². The van der Waals surface area contributed by atoms with Crippen molar-refractivity contribution in [1.29, 1.82) is 0 Å². The lowest BCUT2D eigenvalue weighted by Gasteiger charge is -2.03. The highest BCUT2D eigenvalue weighted by Gasteiger charge is 2.08. The Morgan fingerprint density at radius 3 is 2.95 bits per heavy atom. The highest BCUT2D eigenvalue weighted by molar-refractivity contribution is 5.93. The van der Waals surface area contributed by atoms with Gasteiger partial charge in [-0.05, 0) is 29.8 Å². The number of amides is 1. The highest BCUT2D eigenvalue weighted by atomic mass is 16.5. The van der Waals surface area contributed by atoms with Gasteiger partial charge in [0, 0.05) is 13.2 Å². The van der Waals surface area contributed by atoms with Crippen molar-refractivity contribution in [3.8, 4) is 11.5 Å². The van der Waals surface area contributed by atoms with Crippen LogP contribution in [-0.4, -0.2) is 34.1 Å². The first-order chi connectivity index (χ1) is 9.61. The number of hydrogen-bond acceptors (Lipinski definition) is 5. The number of aryl methyl sites for hydroxylation is 1. The van der Waals surface area contributed by atoms with Gasteiger partial charge in [-0.25, -0.2) is 5.43 Å². The molecule has 7 heteroatoms. The predicted octanol–water partition coefficient (Wildman–Crippen LogP) is 0.898. The van der Waals surface area contributed by atoms with Crippen molar-refractivity contribution in [1.82, 2.24) is 15.2 Å². The van der Waals surface area contributed by atoms with Gasteiger partial charge in [0.25, 0.3) is 5.91 Å². The molecule has 20 heavy (non-hydrogen) atoms. The summed E-state index contributed by atoms with van der Waals surface area (Å²) < 4.78 is 6.43. The molecule has 2 aromatic rings. The summed E-state index contributed by atoms with van der Waals surface area (Å²) in [5.41, 5.74) is 3.49. The van der Waals surface area contributed by atoms with E-state index < -0.39 is 0 Å². The maximum Gasteiger partial charge on any atom is 0.289 e. The standard InChI is InChI=1S/C13H14N4O3/c1-17-10(5-6-15-17)13(19)16-14-8-9-3-4-11(18)12(7-9)20-2/h3-8,18H,1-2H3,(H,16,19)/b14-8-. The Balaban J connectivity index is 2.04. The lowest BCUT2D eigenvalue weighted by Crippen LogP contribution is -2.20. The van der Waals surface area contributed by atoms with Crippen LogP contribution in [0.15, 0.2) is 35.6 Å². The fourth-order valence-corrected chi connectivity index (χ4v) is 1.59. The average molecular weight is 274 g/mol. The number of aromatic nitrogens is 2. The van der Waals surface area contributed by atoms with Crippen molar-refractivity contribution >= 4 is 12.1 Å². The van der Waals surface area contributed by atoms with Crippen molar-refractivity contribution < 1.29 is 14.6 Å². The van der Waals surface area contributed by atoms with E-state index in [9.17, 15) is 9.90 Å². The molecule has 0 aliphatic carbocycles.